The molecule has 0 aliphatic carbocycles. The van der Waals surface area contributed by atoms with Crippen molar-refractivity contribution in [3.05, 3.63) is 24.1 Å². The van der Waals surface area contributed by atoms with E-state index in [1.165, 1.54) is 0 Å². The Bertz CT molecular complexity index is 461. The number of rotatable bonds is 4. The summed E-state index contributed by atoms with van der Waals surface area (Å²) in [6.07, 6.45) is 3.42. The second-order valence-electron chi connectivity index (χ2n) is 3.84. The summed E-state index contributed by atoms with van der Waals surface area (Å²) in [4.78, 5) is 4.20. The molecular formula is C10H14N4O2. The molecule has 0 bridgehead atoms. The van der Waals surface area contributed by atoms with Crippen molar-refractivity contribution in [1.29, 1.82) is 0 Å². The molecule has 0 unspecified atom stereocenters. The van der Waals surface area contributed by atoms with Crippen LogP contribution < -0.4 is 4.74 Å². The normalized spacial score (nSPS) is 11.0. The first-order chi connectivity index (χ1) is 7.65. The molecule has 2 aromatic rings. The van der Waals surface area contributed by atoms with Crippen molar-refractivity contribution in [2.24, 2.45) is 7.05 Å². The van der Waals surface area contributed by atoms with Crippen LogP contribution in [0.25, 0.3) is 0 Å². The van der Waals surface area contributed by atoms with Gasteiger partial charge in [0.2, 0.25) is 11.7 Å². The van der Waals surface area contributed by atoms with Crippen LogP contribution in [-0.2, 0) is 13.7 Å². The van der Waals surface area contributed by atoms with E-state index in [4.69, 9.17) is 9.26 Å². The minimum atomic E-state index is 0.236. The van der Waals surface area contributed by atoms with Crippen LogP contribution in [0.4, 0.5) is 0 Å². The lowest BCUT2D eigenvalue weighted by molar-refractivity contribution is 0.284. The molecule has 0 N–H and O–H groups in total. The third kappa shape index (κ3) is 2.39. The molecule has 0 saturated heterocycles. The fraction of sp³-hybridized carbons (Fsp3) is 0.500. The number of ether oxygens (including phenoxy) is 1. The second kappa shape index (κ2) is 4.34. The average Bonchev–Trinajstić information content (AvgIpc) is 2.83. The molecule has 2 rings (SSSR count). The smallest absolute Gasteiger partial charge is 0.229 e. The number of hydrogen-bond donors (Lipinski definition) is 0. The monoisotopic (exact) mass is 222 g/mol. The fourth-order valence-corrected chi connectivity index (χ4v) is 1.18. The summed E-state index contributed by atoms with van der Waals surface area (Å²) in [5, 5.41) is 7.81. The van der Waals surface area contributed by atoms with E-state index in [1.807, 2.05) is 20.9 Å². The molecule has 0 aromatic carbocycles. The van der Waals surface area contributed by atoms with Crippen molar-refractivity contribution in [3.8, 4) is 5.75 Å². The Morgan fingerprint density at radius 3 is 2.88 bits per heavy atom. The van der Waals surface area contributed by atoms with Gasteiger partial charge in [0.1, 0.15) is 0 Å². The van der Waals surface area contributed by atoms with E-state index >= 15 is 0 Å². The van der Waals surface area contributed by atoms with Gasteiger partial charge in [0.05, 0.1) is 12.4 Å². The van der Waals surface area contributed by atoms with E-state index < -0.39 is 0 Å². The van der Waals surface area contributed by atoms with Crippen molar-refractivity contribution in [1.82, 2.24) is 19.9 Å². The van der Waals surface area contributed by atoms with E-state index in [9.17, 15) is 0 Å². The van der Waals surface area contributed by atoms with Gasteiger partial charge >= 0.3 is 0 Å². The molecule has 6 nitrogen and oxygen atoms in total. The van der Waals surface area contributed by atoms with Crippen LogP contribution >= 0.6 is 0 Å². The predicted octanol–water partition coefficient (Wildman–Crippen LogP) is 1.51. The highest BCUT2D eigenvalue weighted by molar-refractivity contribution is 5.11. The van der Waals surface area contributed by atoms with E-state index in [-0.39, 0.29) is 5.92 Å². The highest BCUT2D eigenvalue weighted by Gasteiger charge is 2.10. The third-order valence-corrected chi connectivity index (χ3v) is 2.03. The van der Waals surface area contributed by atoms with Crippen molar-refractivity contribution in [2.45, 2.75) is 26.4 Å². The first-order valence-electron chi connectivity index (χ1n) is 5.09. The van der Waals surface area contributed by atoms with Crippen molar-refractivity contribution in [3.63, 3.8) is 0 Å². The predicted molar refractivity (Wildman–Crippen MR) is 55.9 cm³/mol. The van der Waals surface area contributed by atoms with Crippen LogP contribution in [0.3, 0.4) is 0 Å². The van der Waals surface area contributed by atoms with Crippen molar-refractivity contribution < 1.29 is 9.26 Å². The van der Waals surface area contributed by atoms with Gasteiger partial charge in [0.15, 0.2) is 12.4 Å². The van der Waals surface area contributed by atoms with Crippen LogP contribution in [0.2, 0.25) is 0 Å². The summed E-state index contributed by atoms with van der Waals surface area (Å²) in [5.74, 6) is 2.11. The number of aromatic nitrogens is 4. The minimum absolute atomic E-state index is 0.236. The lowest BCUT2D eigenvalue weighted by Crippen LogP contribution is -1.97. The standard InChI is InChI=1S/C10H14N4O2/c1-7(2)10-12-9(13-16-10)6-15-8-4-11-14(3)5-8/h4-5,7H,6H2,1-3H3. The summed E-state index contributed by atoms with van der Waals surface area (Å²) in [7, 11) is 1.83. The highest BCUT2D eigenvalue weighted by atomic mass is 16.5. The zero-order chi connectivity index (χ0) is 11.5. The van der Waals surface area contributed by atoms with Gasteiger partial charge in [0.25, 0.3) is 0 Å². The van der Waals surface area contributed by atoms with Crippen LogP contribution in [0.1, 0.15) is 31.5 Å². The molecule has 86 valence electrons. The molecule has 2 aromatic heterocycles. The molecular weight excluding hydrogens is 208 g/mol. The lowest BCUT2D eigenvalue weighted by Gasteiger charge is -1.97. The number of nitrogens with zero attached hydrogens (tertiary/aromatic N) is 4. The SMILES string of the molecule is CC(C)c1nc(COc2cnn(C)c2)no1. The van der Waals surface area contributed by atoms with Gasteiger partial charge < -0.3 is 9.26 Å². The lowest BCUT2D eigenvalue weighted by atomic mass is 10.2. The van der Waals surface area contributed by atoms with Gasteiger partial charge in [-0.3, -0.25) is 4.68 Å². The van der Waals surface area contributed by atoms with Crippen LogP contribution in [0.15, 0.2) is 16.9 Å². The van der Waals surface area contributed by atoms with Gasteiger partial charge in [-0.15, -0.1) is 0 Å². The minimum Gasteiger partial charge on any atom is -0.482 e. The summed E-state index contributed by atoms with van der Waals surface area (Å²) < 4.78 is 12.2. The zero-order valence-electron chi connectivity index (χ0n) is 9.54. The maximum atomic E-state index is 5.44. The summed E-state index contributed by atoms with van der Waals surface area (Å²) >= 11 is 0. The van der Waals surface area contributed by atoms with Crippen LogP contribution in [0.5, 0.6) is 5.75 Å². The molecule has 0 amide bonds. The highest BCUT2D eigenvalue weighted by Crippen LogP contribution is 2.13. The Morgan fingerprint density at radius 2 is 2.31 bits per heavy atom. The molecule has 0 fully saturated rings. The average molecular weight is 222 g/mol. The third-order valence-electron chi connectivity index (χ3n) is 2.03. The number of aryl methyl sites for hydroxylation is 1. The molecule has 16 heavy (non-hydrogen) atoms. The van der Waals surface area contributed by atoms with Crippen LogP contribution in [-0.4, -0.2) is 19.9 Å². The topological polar surface area (TPSA) is 66.0 Å². The van der Waals surface area contributed by atoms with Crippen molar-refractivity contribution >= 4 is 0 Å². The molecule has 0 radical (unpaired) electrons. The fourth-order valence-electron chi connectivity index (χ4n) is 1.18. The quantitative estimate of drug-likeness (QED) is 0.784. The maximum Gasteiger partial charge on any atom is 0.229 e. The van der Waals surface area contributed by atoms with E-state index in [0.29, 0.717) is 24.1 Å². The first-order valence-corrected chi connectivity index (χ1v) is 5.09. The van der Waals surface area contributed by atoms with Crippen LogP contribution in [0, 0.1) is 0 Å². The van der Waals surface area contributed by atoms with Gasteiger partial charge in [-0.25, -0.2) is 0 Å². The summed E-state index contributed by atoms with van der Waals surface area (Å²) in [5.41, 5.74) is 0. The number of hydrogen-bond acceptors (Lipinski definition) is 5. The maximum absolute atomic E-state index is 5.44. The second-order valence-corrected chi connectivity index (χ2v) is 3.84. The van der Waals surface area contributed by atoms with E-state index in [1.54, 1.807) is 17.1 Å². The van der Waals surface area contributed by atoms with E-state index in [0.717, 1.165) is 0 Å². The largest absolute Gasteiger partial charge is 0.482 e. The zero-order valence-corrected chi connectivity index (χ0v) is 9.54. The summed E-state index contributed by atoms with van der Waals surface area (Å²) in [6, 6.07) is 0. The Balaban J connectivity index is 1.94. The Hall–Kier alpha value is -1.85. The van der Waals surface area contributed by atoms with Gasteiger partial charge in [0, 0.05) is 13.0 Å². The van der Waals surface area contributed by atoms with Gasteiger partial charge in [-0.2, -0.15) is 10.1 Å². The molecule has 0 aliphatic rings. The molecule has 0 saturated carbocycles. The Labute approximate surface area is 93.2 Å². The molecule has 0 atom stereocenters. The molecule has 2 heterocycles. The molecule has 6 heteroatoms. The van der Waals surface area contributed by atoms with Gasteiger partial charge in [-0.05, 0) is 0 Å². The van der Waals surface area contributed by atoms with E-state index in [2.05, 4.69) is 15.2 Å². The Kier molecular flexibility index (Phi) is 2.89. The molecule has 0 spiro atoms. The molecule has 0 aliphatic heterocycles. The van der Waals surface area contributed by atoms with Gasteiger partial charge in [-0.1, -0.05) is 19.0 Å². The Morgan fingerprint density at radius 1 is 1.50 bits per heavy atom. The summed E-state index contributed by atoms with van der Waals surface area (Å²) in [6.45, 7) is 4.29. The van der Waals surface area contributed by atoms with Crippen molar-refractivity contribution in [2.75, 3.05) is 0 Å². The first kappa shape index (κ1) is 10.7.